The van der Waals surface area contributed by atoms with Crippen molar-refractivity contribution >= 4 is 41.5 Å². The van der Waals surface area contributed by atoms with Crippen LogP contribution in [0.5, 0.6) is 0 Å². The maximum absolute atomic E-state index is 14.9. The molecule has 6 aliphatic heterocycles. The Labute approximate surface area is 248 Å². The maximum atomic E-state index is 14.9. The topological polar surface area (TPSA) is 33.0 Å². The van der Waals surface area contributed by atoms with Gasteiger partial charge >= 0.3 is 10.6 Å². The summed E-state index contributed by atoms with van der Waals surface area (Å²) in [5, 5.41) is 2.51. The van der Waals surface area contributed by atoms with E-state index >= 15 is 0 Å². The van der Waals surface area contributed by atoms with Crippen molar-refractivity contribution in [3.05, 3.63) is 66.9 Å². The Hall–Kier alpha value is -3.51. The Bertz CT molecular complexity index is 1980. The van der Waals surface area contributed by atoms with Gasteiger partial charge in [-0.1, -0.05) is 55.4 Å². The van der Waals surface area contributed by atoms with E-state index in [0.29, 0.717) is 4.92 Å². The molecule has 0 aliphatic carbocycles. The lowest BCUT2D eigenvalue weighted by atomic mass is 9.75. The highest BCUT2D eigenvalue weighted by atomic mass is 16.2. The highest BCUT2D eigenvalue weighted by Crippen LogP contribution is 2.52. The van der Waals surface area contributed by atoms with Gasteiger partial charge in [-0.2, -0.15) is 0 Å². The largest absolute Gasteiger partial charge is 0.324 e. The molecule has 0 aromatic carbocycles. The molecular formula is C36H44N5O+3. The van der Waals surface area contributed by atoms with E-state index in [1.165, 1.54) is 72.6 Å². The van der Waals surface area contributed by atoms with Crippen LogP contribution in [0, 0.1) is 5.41 Å². The molecule has 8 heterocycles. The minimum atomic E-state index is -0.535. The van der Waals surface area contributed by atoms with Crippen LogP contribution in [0.1, 0.15) is 115 Å². The van der Waals surface area contributed by atoms with E-state index in [0.717, 1.165) is 57.1 Å². The lowest BCUT2D eigenvalue weighted by Gasteiger charge is -2.35. The number of quaternary nitrogens is 1. The van der Waals surface area contributed by atoms with Gasteiger partial charge in [0.1, 0.15) is 36.9 Å². The summed E-state index contributed by atoms with van der Waals surface area (Å²) in [6.07, 6.45) is 17.1. The molecule has 216 valence electrons. The number of rotatable bonds is 8. The van der Waals surface area contributed by atoms with E-state index in [9.17, 15) is 4.79 Å². The van der Waals surface area contributed by atoms with Gasteiger partial charge in [0.05, 0.1) is 6.08 Å². The van der Waals surface area contributed by atoms with Gasteiger partial charge in [-0.3, -0.25) is 4.79 Å². The molecule has 42 heavy (non-hydrogen) atoms. The number of aromatic nitrogens is 2. The maximum Gasteiger partial charge on any atom is 0.324 e. The third-order valence-electron chi connectivity index (χ3n) is 11.4. The van der Waals surface area contributed by atoms with Crippen molar-refractivity contribution in [2.45, 2.75) is 107 Å². The van der Waals surface area contributed by atoms with E-state index in [4.69, 9.17) is 0 Å². The van der Waals surface area contributed by atoms with Gasteiger partial charge in [-0.25, -0.2) is 0 Å². The second-order valence-corrected chi connectivity index (χ2v) is 12.6. The molecule has 6 heteroatoms. The summed E-state index contributed by atoms with van der Waals surface area (Å²) < 4.78 is 10.2. The predicted octanol–water partition coefficient (Wildman–Crippen LogP) is 4.99. The van der Waals surface area contributed by atoms with Crippen molar-refractivity contribution < 1.29 is 14.2 Å². The number of Topliss-reactive ketones (excluding diaryl/α,β-unsaturated/α-hetero) is 1. The molecule has 0 amide bonds. The van der Waals surface area contributed by atoms with E-state index in [1.54, 1.807) is 0 Å². The smallest absolute Gasteiger partial charge is 0.286 e. The number of ketones is 1. The van der Waals surface area contributed by atoms with Crippen molar-refractivity contribution in [1.29, 1.82) is 0 Å². The molecule has 1 atom stereocenters. The Morgan fingerprint density at radius 2 is 1.17 bits per heavy atom. The zero-order chi connectivity index (χ0) is 29.5. The first-order valence-corrected chi connectivity index (χ1v) is 16.6. The van der Waals surface area contributed by atoms with Crippen molar-refractivity contribution in [2.75, 3.05) is 0 Å². The number of nitrogens with zero attached hydrogens (tertiary/aromatic N) is 5. The highest BCUT2D eigenvalue weighted by Gasteiger charge is 2.78. The summed E-state index contributed by atoms with van der Waals surface area (Å²) >= 11 is 0. The van der Waals surface area contributed by atoms with Crippen LogP contribution in [-0.4, -0.2) is 35.9 Å². The standard InChI is InChI=1S/C36H44N5O/c1-9-21-22(10-2)28-18-30-25(13-5)26(14-6)32-20-34-36(15-7,16-8)35(42)33-19-31-24(12-4)23(11-3)29-17-27(21)37(28)41(38(29)31,39(30)32)40(33)34/h17-20H,9-16H2,1-8H3/q+3. The second kappa shape index (κ2) is 8.31. The average molecular weight is 563 g/mol. The fraction of sp³-hybridized carbons (Fsp3) is 0.472. The zero-order valence-electron chi connectivity index (χ0n) is 26.6. The van der Waals surface area contributed by atoms with Crippen LogP contribution in [0.25, 0.3) is 24.3 Å². The molecule has 0 saturated carbocycles. The Balaban J connectivity index is 1.71. The van der Waals surface area contributed by atoms with Crippen LogP contribution in [0.4, 0.5) is 0 Å². The highest BCUT2D eigenvalue weighted by molar-refractivity contribution is 6.52. The van der Waals surface area contributed by atoms with E-state index in [-0.39, 0.29) is 5.78 Å². The molecule has 6 nitrogen and oxygen atoms in total. The average Bonchev–Trinajstić information content (AvgIpc) is 3.68. The van der Waals surface area contributed by atoms with Crippen molar-refractivity contribution in [3.8, 4) is 0 Å². The van der Waals surface area contributed by atoms with Crippen LogP contribution in [0.15, 0.2) is 22.5 Å². The van der Waals surface area contributed by atoms with Crippen LogP contribution in [0.2, 0.25) is 0 Å². The minimum absolute atomic E-state index is 0.284. The van der Waals surface area contributed by atoms with Crippen molar-refractivity contribution in [3.63, 3.8) is 0 Å². The lowest BCUT2D eigenvalue weighted by Crippen LogP contribution is -2.81. The van der Waals surface area contributed by atoms with Gasteiger partial charge < -0.3 is 0 Å². The summed E-state index contributed by atoms with van der Waals surface area (Å²) in [6, 6.07) is 0. The molecule has 2 aromatic heterocycles. The van der Waals surface area contributed by atoms with Crippen molar-refractivity contribution in [2.24, 2.45) is 5.41 Å². The van der Waals surface area contributed by atoms with Gasteiger partial charge in [-0.15, -0.1) is 0 Å². The van der Waals surface area contributed by atoms with Gasteiger partial charge in [0.25, 0.3) is 17.1 Å². The summed E-state index contributed by atoms with van der Waals surface area (Å²) in [4.78, 5) is 15.2. The van der Waals surface area contributed by atoms with E-state index in [2.05, 4.69) is 98.4 Å². The summed E-state index contributed by atoms with van der Waals surface area (Å²) in [5.74, 6) is 0.284. The molecule has 1 unspecified atom stereocenters. The van der Waals surface area contributed by atoms with Crippen LogP contribution >= 0.6 is 0 Å². The Morgan fingerprint density at radius 1 is 0.619 bits per heavy atom. The molecular weight excluding hydrogens is 518 g/mol. The summed E-state index contributed by atoms with van der Waals surface area (Å²) in [6.45, 7) is 18.2. The van der Waals surface area contributed by atoms with Crippen LogP contribution < -0.4 is 15.6 Å². The molecule has 0 saturated heterocycles. The number of allylic oxidation sites excluding steroid dienone is 3. The number of hydrogen-bond donors (Lipinski definition) is 0. The molecule has 0 bridgehead atoms. The first kappa shape index (κ1) is 26.1. The van der Waals surface area contributed by atoms with Crippen LogP contribution in [0.3, 0.4) is 0 Å². The van der Waals surface area contributed by atoms with Gasteiger partial charge in [-0.05, 0) is 83.0 Å². The van der Waals surface area contributed by atoms with Crippen molar-refractivity contribution in [1.82, 2.24) is 14.3 Å². The third kappa shape index (κ3) is 2.40. The minimum Gasteiger partial charge on any atom is -0.286 e. The molecule has 6 aliphatic rings. The monoisotopic (exact) mass is 562 g/mol. The second-order valence-electron chi connectivity index (χ2n) is 12.6. The van der Waals surface area contributed by atoms with Crippen LogP contribution in [-0.2, 0) is 30.5 Å². The molecule has 8 rings (SSSR count). The summed E-state index contributed by atoms with van der Waals surface area (Å²) in [7, 11) is 0. The molecule has 0 radical (unpaired) electrons. The number of hydrogen-bond acceptors (Lipinski definition) is 1. The molecule has 0 fully saturated rings. The van der Waals surface area contributed by atoms with E-state index in [1.807, 2.05) is 0 Å². The molecule has 1 spiro atoms. The van der Waals surface area contributed by atoms with E-state index < -0.39 is 5.41 Å². The van der Waals surface area contributed by atoms with Gasteiger partial charge in [0.2, 0.25) is 5.78 Å². The fourth-order valence-electron chi connectivity index (χ4n) is 9.60. The number of carbonyl (C=O) groups excluding carboxylic acids is 1. The third-order valence-corrected chi connectivity index (χ3v) is 11.4. The Morgan fingerprint density at radius 3 is 1.69 bits per heavy atom. The first-order valence-electron chi connectivity index (χ1n) is 16.6. The molecule has 2 aromatic rings. The quantitative estimate of drug-likeness (QED) is 0.330. The lowest BCUT2D eigenvalue weighted by molar-refractivity contribution is -0.931. The Kier molecular flexibility index (Phi) is 5.17. The van der Waals surface area contributed by atoms with Gasteiger partial charge in [0, 0.05) is 29.4 Å². The SMILES string of the molecule is CCC1=C(CC)C2=[N+]3C1=Cc1c(CC)c(CC)c4n1[N+]31n3c(c(CC)c(CC)c3=CC3=[N+]1C(=C4)C(CC)(CC)C3=O)=C2. The molecule has 0 N–H and O–H groups in total. The fourth-order valence-corrected chi connectivity index (χ4v) is 9.60. The first-order chi connectivity index (χ1) is 20.4. The van der Waals surface area contributed by atoms with Gasteiger partial charge in [0.15, 0.2) is 0 Å². The summed E-state index contributed by atoms with van der Waals surface area (Å²) in [5.41, 5.74) is 15.2. The zero-order valence-corrected chi connectivity index (χ0v) is 26.6. The predicted molar refractivity (Wildman–Crippen MR) is 170 cm³/mol. The normalized spacial score (nSPS) is 23.3. The number of carbonyl (C=O) groups is 1.